The molecule has 0 aliphatic heterocycles. The van der Waals surface area contributed by atoms with Gasteiger partial charge in [-0.05, 0) is 207 Å². The molecule has 0 N–H and O–H groups in total. The minimum absolute atomic E-state index is 0.977. The maximum Gasteiger partial charge on any atom is 0.0927 e. The van der Waals surface area contributed by atoms with Crippen LogP contribution in [0.1, 0.15) is 112 Å². The third-order valence-corrected chi connectivity index (χ3v) is 15.3. The van der Waals surface area contributed by atoms with E-state index in [1.54, 1.807) is 0 Å². The smallest absolute Gasteiger partial charge is 0.0927 e. The highest BCUT2D eigenvalue weighted by molar-refractivity contribution is 5.78. The first kappa shape index (κ1) is 48.9. The molecule has 75 heavy (non-hydrogen) atoms. The minimum Gasteiger partial charge on any atom is -0.260 e. The maximum atomic E-state index is 4.57. The fourth-order valence-corrected chi connectivity index (χ4v) is 11.2. The second-order valence-corrected chi connectivity index (χ2v) is 20.8. The van der Waals surface area contributed by atoms with E-state index in [4.69, 9.17) is 0 Å². The highest BCUT2D eigenvalue weighted by Gasteiger charge is 2.26. The lowest BCUT2D eigenvalue weighted by Gasteiger charge is -2.05. The number of aryl methyl sites for hydroxylation is 10. The standard InChI is InChI=1S/2C14H13N.3C13H12N2/c1-9-6-13-11-5-3-4-10(2)12(11)7-14(13)15-8-9;1-9-6-10(2)12-8-14-11(13(12)7-9)4-3-5-15-14;1-8-3-5-14-12-10(8)7-11-9(2)4-6-15-13(11)12;1-8-3-5-10-7-11-6-4-9(2)15-13(11)12(10)14-8;1-8-5-6-14-13-11(8)7-10-4-3-9(2)15-12(10)13/h3-6,8H,7H2,1-2H3;3-7H,8H2,1-2H3;3*3-6H,7H2,1-2H3. The zero-order valence-electron chi connectivity index (χ0n) is 44.8. The number of pyridine rings is 8. The third-order valence-electron chi connectivity index (χ3n) is 15.3. The molecule has 0 fully saturated rings. The molecule has 0 amide bonds. The fourth-order valence-electron chi connectivity index (χ4n) is 11.2. The molecule has 8 nitrogen and oxygen atoms in total. The van der Waals surface area contributed by atoms with Crippen LogP contribution in [0.4, 0.5) is 0 Å². The van der Waals surface area contributed by atoms with Gasteiger partial charge in [-0.1, -0.05) is 60.2 Å². The molecule has 8 aromatic heterocycles. The van der Waals surface area contributed by atoms with E-state index < -0.39 is 0 Å². The molecule has 0 saturated carbocycles. The van der Waals surface area contributed by atoms with Gasteiger partial charge in [0.2, 0.25) is 0 Å². The Morgan fingerprint density at radius 3 is 1.35 bits per heavy atom. The van der Waals surface area contributed by atoms with Crippen LogP contribution < -0.4 is 0 Å². The predicted molar refractivity (Wildman–Crippen MR) is 303 cm³/mol. The Bertz CT molecular complexity index is 3650. The van der Waals surface area contributed by atoms with Gasteiger partial charge in [0.05, 0.1) is 45.6 Å². The van der Waals surface area contributed by atoms with Crippen LogP contribution in [-0.4, -0.2) is 39.9 Å². The monoisotopic (exact) mass is 979 g/mol. The summed E-state index contributed by atoms with van der Waals surface area (Å²) in [4.78, 5) is 36.0. The lowest BCUT2D eigenvalue weighted by Crippen LogP contribution is -1.90. The van der Waals surface area contributed by atoms with E-state index >= 15 is 0 Å². The molecule has 5 aliphatic rings. The molecule has 8 heterocycles. The van der Waals surface area contributed by atoms with E-state index in [-0.39, 0.29) is 0 Å². The zero-order chi connectivity index (χ0) is 52.1. The van der Waals surface area contributed by atoms with Crippen molar-refractivity contribution in [2.45, 2.75) is 101 Å². The molecule has 370 valence electrons. The molecule has 10 aromatic rings. The van der Waals surface area contributed by atoms with E-state index in [1.165, 1.54) is 117 Å². The first-order valence-corrected chi connectivity index (χ1v) is 26.1. The van der Waals surface area contributed by atoms with Gasteiger partial charge in [-0.25, -0.2) is 0 Å². The van der Waals surface area contributed by atoms with E-state index in [9.17, 15) is 0 Å². The van der Waals surface area contributed by atoms with Crippen LogP contribution >= 0.6 is 0 Å². The van der Waals surface area contributed by atoms with Crippen LogP contribution in [0.25, 0.3) is 56.4 Å². The van der Waals surface area contributed by atoms with Crippen molar-refractivity contribution in [3.8, 4) is 56.4 Å². The van der Waals surface area contributed by atoms with Gasteiger partial charge in [-0.2, -0.15) is 0 Å². The summed E-state index contributed by atoms with van der Waals surface area (Å²) in [5.74, 6) is 0. The summed E-state index contributed by atoms with van der Waals surface area (Å²) in [7, 11) is 0. The van der Waals surface area contributed by atoms with Gasteiger partial charge in [-0.3, -0.25) is 39.9 Å². The Labute approximate surface area is 441 Å². The highest BCUT2D eigenvalue weighted by Crippen LogP contribution is 2.40. The lowest BCUT2D eigenvalue weighted by atomic mass is 9.99. The topological polar surface area (TPSA) is 103 Å². The number of nitrogens with zero attached hydrogens (tertiary/aromatic N) is 8. The Morgan fingerprint density at radius 1 is 0.293 bits per heavy atom. The van der Waals surface area contributed by atoms with Gasteiger partial charge in [0.25, 0.3) is 0 Å². The molecular weight excluding hydrogens is 917 g/mol. The Balaban J connectivity index is 0.000000100. The van der Waals surface area contributed by atoms with Gasteiger partial charge in [0.15, 0.2) is 0 Å². The van der Waals surface area contributed by atoms with Crippen molar-refractivity contribution in [1.29, 1.82) is 0 Å². The third kappa shape index (κ3) is 9.57. The van der Waals surface area contributed by atoms with Gasteiger partial charge in [0, 0.05) is 91.3 Å². The molecule has 0 unspecified atom stereocenters. The first-order chi connectivity index (χ1) is 36.3. The lowest BCUT2D eigenvalue weighted by molar-refractivity contribution is 1.10. The predicted octanol–water partition coefficient (Wildman–Crippen LogP) is 14.5. The maximum absolute atomic E-state index is 4.57. The summed E-state index contributed by atoms with van der Waals surface area (Å²) in [6, 6.07) is 36.4. The van der Waals surface area contributed by atoms with E-state index in [1.807, 2.05) is 57.8 Å². The van der Waals surface area contributed by atoms with Crippen molar-refractivity contribution < 1.29 is 0 Å². The Kier molecular flexibility index (Phi) is 13.1. The van der Waals surface area contributed by atoms with Gasteiger partial charge < -0.3 is 0 Å². The second kappa shape index (κ2) is 20.2. The summed E-state index contributed by atoms with van der Waals surface area (Å²) in [6.07, 6.45) is 14.4. The van der Waals surface area contributed by atoms with Gasteiger partial charge in [-0.15, -0.1) is 0 Å². The van der Waals surface area contributed by atoms with E-state index in [0.717, 1.165) is 83.3 Å². The van der Waals surface area contributed by atoms with Crippen LogP contribution in [0, 0.1) is 69.2 Å². The molecule has 0 saturated heterocycles. The number of fused-ring (bicyclic) bond motifs is 15. The van der Waals surface area contributed by atoms with Crippen LogP contribution in [0.15, 0.2) is 134 Å². The summed E-state index contributed by atoms with van der Waals surface area (Å²) < 4.78 is 0. The molecule has 0 radical (unpaired) electrons. The zero-order valence-corrected chi connectivity index (χ0v) is 44.8. The largest absolute Gasteiger partial charge is 0.260 e. The van der Waals surface area contributed by atoms with E-state index in [0.29, 0.717) is 0 Å². The summed E-state index contributed by atoms with van der Waals surface area (Å²) in [6.45, 7) is 21.1. The highest BCUT2D eigenvalue weighted by atomic mass is 14.8. The average Bonchev–Trinajstić information content (AvgIpc) is 4.24. The molecular formula is C67H62N8. The van der Waals surface area contributed by atoms with E-state index in [2.05, 4.69) is 185 Å². The number of rotatable bonds is 0. The van der Waals surface area contributed by atoms with Crippen molar-refractivity contribution in [3.05, 3.63) is 246 Å². The second-order valence-electron chi connectivity index (χ2n) is 20.8. The molecule has 8 heteroatoms. The molecule has 2 aromatic carbocycles. The first-order valence-electron chi connectivity index (χ1n) is 26.1. The number of hydrogen-bond acceptors (Lipinski definition) is 8. The van der Waals surface area contributed by atoms with Gasteiger partial charge in [0.1, 0.15) is 0 Å². The summed E-state index contributed by atoms with van der Waals surface area (Å²) >= 11 is 0. The van der Waals surface area contributed by atoms with Crippen molar-refractivity contribution in [3.63, 3.8) is 0 Å². The normalized spacial score (nSPS) is 12.4. The summed E-state index contributed by atoms with van der Waals surface area (Å²) in [5.41, 5.74) is 37.6. The molecule has 0 spiro atoms. The number of aromatic nitrogens is 8. The average molecular weight is 979 g/mol. The Morgan fingerprint density at radius 2 is 0.760 bits per heavy atom. The fraction of sp³-hybridized carbons (Fsp3) is 0.224. The van der Waals surface area contributed by atoms with Crippen molar-refractivity contribution in [1.82, 2.24) is 39.9 Å². The van der Waals surface area contributed by atoms with Crippen molar-refractivity contribution >= 4 is 0 Å². The van der Waals surface area contributed by atoms with Crippen molar-refractivity contribution in [2.75, 3.05) is 0 Å². The quantitative estimate of drug-likeness (QED) is 0.148. The van der Waals surface area contributed by atoms with Crippen LogP contribution in [0.3, 0.4) is 0 Å². The molecule has 0 bridgehead atoms. The van der Waals surface area contributed by atoms with Crippen molar-refractivity contribution in [2.24, 2.45) is 0 Å². The van der Waals surface area contributed by atoms with Crippen LogP contribution in [0.2, 0.25) is 0 Å². The van der Waals surface area contributed by atoms with Crippen LogP contribution in [0.5, 0.6) is 0 Å². The molecule has 0 atom stereocenters. The Hall–Kier alpha value is -8.36. The number of hydrogen-bond donors (Lipinski definition) is 0. The number of benzene rings is 2. The van der Waals surface area contributed by atoms with Gasteiger partial charge >= 0.3 is 0 Å². The SMILES string of the molecule is Cc1cc(C)c2c(c1)-c1cccnc1C2.Cc1ccc2c(n1)-c1nc(C)ccc1C2.Cc1ccc2c(n1)-c1nccc(C)c1C2.Cc1ccnc2c1Cc1c(C)ccnc1-2.Cc1cnc2c(c1)-c1cccc(C)c1C2. The summed E-state index contributed by atoms with van der Waals surface area (Å²) in [5, 5.41) is 0. The molecule has 5 aliphatic carbocycles. The molecule has 15 rings (SSSR count). The van der Waals surface area contributed by atoms with Crippen LogP contribution in [-0.2, 0) is 32.1 Å². The minimum atomic E-state index is 0.977.